The topological polar surface area (TPSA) is 81.2 Å². The molecule has 0 saturated carbocycles. The zero-order valence-electron chi connectivity index (χ0n) is 15.0. The number of nitrogens with zero attached hydrogens (tertiary/aromatic N) is 5. The third-order valence-electron chi connectivity index (χ3n) is 5.01. The molecule has 7 nitrogen and oxygen atoms in total. The van der Waals surface area contributed by atoms with Crippen LogP contribution in [0.1, 0.15) is 17.8 Å². The summed E-state index contributed by atoms with van der Waals surface area (Å²) in [7, 11) is 0. The Balaban J connectivity index is 1.53. The van der Waals surface area contributed by atoms with Gasteiger partial charge in [-0.3, -0.25) is 9.88 Å². The fourth-order valence-electron chi connectivity index (χ4n) is 3.72. The van der Waals surface area contributed by atoms with Gasteiger partial charge in [-0.05, 0) is 31.5 Å². The average Bonchev–Trinajstić information content (AvgIpc) is 3.12. The van der Waals surface area contributed by atoms with E-state index >= 15 is 0 Å². The van der Waals surface area contributed by atoms with Gasteiger partial charge in [-0.1, -0.05) is 6.07 Å². The largest absolute Gasteiger partial charge is 0.396 e. The number of aryl methyl sites for hydroxylation is 1. The van der Waals surface area contributed by atoms with Crippen LogP contribution in [0.5, 0.6) is 0 Å². The highest BCUT2D eigenvalue weighted by molar-refractivity contribution is 5.87. The molecular formula is C19H24N6O. The van der Waals surface area contributed by atoms with E-state index in [9.17, 15) is 5.11 Å². The van der Waals surface area contributed by atoms with Crippen LogP contribution in [0.2, 0.25) is 0 Å². The molecule has 0 unspecified atom stereocenters. The van der Waals surface area contributed by atoms with Crippen LogP contribution in [-0.2, 0) is 6.54 Å². The summed E-state index contributed by atoms with van der Waals surface area (Å²) in [6.45, 7) is 5.65. The predicted molar refractivity (Wildman–Crippen MR) is 101 cm³/mol. The summed E-state index contributed by atoms with van der Waals surface area (Å²) in [4.78, 5) is 21.3. The molecule has 3 aromatic heterocycles. The van der Waals surface area contributed by atoms with E-state index in [1.807, 2.05) is 25.3 Å². The zero-order valence-corrected chi connectivity index (χ0v) is 15.0. The summed E-state index contributed by atoms with van der Waals surface area (Å²) < 4.78 is 0. The van der Waals surface area contributed by atoms with Crippen LogP contribution in [0.25, 0.3) is 11.0 Å². The molecule has 4 heterocycles. The summed E-state index contributed by atoms with van der Waals surface area (Å²) in [6.07, 6.45) is 4.25. The van der Waals surface area contributed by atoms with Gasteiger partial charge in [-0.25, -0.2) is 9.97 Å². The van der Waals surface area contributed by atoms with Crippen LogP contribution in [0.4, 0.5) is 5.82 Å². The van der Waals surface area contributed by atoms with Crippen molar-refractivity contribution in [2.45, 2.75) is 25.9 Å². The number of pyridine rings is 1. The van der Waals surface area contributed by atoms with Crippen LogP contribution in [0, 0.1) is 6.92 Å². The third kappa shape index (κ3) is 3.40. The number of H-pyrrole nitrogens is 1. The zero-order chi connectivity index (χ0) is 17.9. The van der Waals surface area contributed by atoms with Crippen molar-refractivity contribution in [2.75, 3.05) is 31.1 Å². The number of piperazine rings is 1. The smallest absolute Gasteiger partial charge is 0.142 e. The first kappa shape index (κ1) is 16.9. The molecule has 1 saturated heterocycles. The number of fused-ring (bicyclic) bond motifs is 1. The van der Waals surface area contributed by atoms with Gasteiger partial charge in [0.25, 0.3) is 0 Å². The standard InChI is InChI=1S/C19H24N6O/c1-14-3-2-4-15(23-14)11-24-8-9-25(12-16(24)6-10-26)19-17-5-7-20-18(17)21-13-22-19/h2-5,7,13,16,26H,6,8-12H2,1H3,(H,20,21,22)/t16-/m0/s1. The SMILES string of the molecule is Cc1cccc(CN2CCN(c3ncnc4[nH]ccc34)C[C@@H]2CCO)n1. The van der Waals surface area contributed by atoms with Gasteiger partial charge < -0.3 is 15.0 Å². The fourth-order valence-corrected chi connectivity index (χ4v) is 3.72. The van der Waals surface area contributed by atoms with Gasteiger partial charge >= 0.3 is 0 Å². The molecule has 0 aliphatic carbocycles. The molecule has 1 fully saturated rings. The van der Waals surface area contributed by atoms with Gasteiger partial charge in [0.1, 0.15) is 17.8 Å². The lowest BCUT2D eigenvalue weighted by Gasteiger charge is -2.42. The number of aliphatic hydroxyl groups is 1. The molecule has 0 aromatic carbocycles. The van der Waals surface area contributed by atoms with Gasteiger partial charge in [-0.2, -0.15) is 0 Å². The molecule has 1 aliphatic heterocycles. The maximum atomic E-state index is 9.55. The van der Waals surface area contributed by atoms with E-state index in [1.54, 1.807) is 6.33 Å². The van der Waals surface area contributed by atoms with Gasteiger partial charge in [0.2, 0.25) is 0 Å². The highest BCUT2D eigenvalue weighted by Crippen LogP contribution is 2.25. The quantitative estimate of drug-likeness (QED) is 0.728. The molecule has 1 atom stereocenters. The monoisotopic (exact) mass is 352 g/mol. The van der Waals surface area contributed by atoms with E-state index in [-0.39, 0.29) is 12.6 Å². The summed E-state index contributed by atoms with van der Waals surface area (Å²) in [5.74, 6) is 0.965. The van der Waals surface area contributed by atoms with Crippen molar-refractivity contribution in [3.8, 4) is 0 Å². The molecule has 0 spiro atoms. The Morgan fingerprint density at radius 2 is 2.15 bits per heavy atom. The van der Waals surface area contributed by atoms with Gasteiger partial charge in [0, 0.05) is 50.7 Å². The average molecular weight is 352 g/mol. The van der Waals surface area contributed by atoms with Gasteiger partial charge in [0.15, 0.2) is 0 Å². The second-order valence-electron chi connectivity index (χ2n) is 6.79. The highest BCUT2D eigenvalue weighted by Gasteiger charge is 2.28. The number of nitrogens with one attached hydrogen (secondary N) is 1. The van der Waals surface area contributed by atoms with E-state index in [0.717, 1.165) is 60.8 Å². The molecule has 3 aromatic rings. The van der Waals surface area contributed by atoms with Crippen LogP contribution in [0.3, 0.4) is 0 Å². The van der Waals surface area contributed by atoms with Crippen molar-refractivity contribution < 1.29 is 5.11 Å². The molecule has 1 aliphatic rings. The first-order chi connectivity index (χ1) is 12.7. The molecule has 4 rings (SSSR count). The number of aromatic amines is 1. The van der Waals surface area contributed by atoms with Crippen molar-refractivity contribution in [3.63, 3.8) is 0 Å². The fraction of sp³-hybridized carbons (Fsp3) is 0.421. The van der Waals surface area contributed by atoms with E-state index < -0.39 is 0 Å². The third-order valence-corrected chi connectivity index (χ3v) is 5.01. The van der Waals surface area contributed by atoms with Crippen molar-refractivity contribution in [2.24, 2.45) is 0 Å². The Morgan fingerprint density at radius 3 is 3.00 bits per heavy atom. The molecule has 0 radical (unpaired) electrons. The molecule has 0 bridgehead atoms. The lowest BCUT2D eigenvalue weighted by Crippen LogP contribution is -2.53. The highest BCUT2D eigenvalue weighted by atomic mass is 16.3. The molecule has 7 heteroatoms. The summed E-state index contributed by atoms with van der Waals surface area (Å²) in [6, 6.07) is 8.43. The van der Waals surface area contributed by atoms with Gasteiger partial charge in [0.05, 0.1) is 11.1 Å². The van der Waals surface area contributed by atoms with Crippen LogP contribution in [-0.4, -0.2) is 62.2 Å². The van der Waals surface area contributed by atoms with Crippen molar-refractivity contribution in [1.82, 2.24) is 24.8 Å². The number of aliphatic hydroxyl groups excluding tert-OH is 1. The van der Waals surface area contributed by atoms with Crippen LogP contribution in [0.15, 0.2) is 36.8 Å². The molecule has 0 amide bonds. The number of hydrogen-bond donors (Lipinski definition) is 2. The van der Waals surface area contributed by atoms with E-state index in [4.69, 9.17) is 0 Å². The Morgan fingerprint density at radius 1 is 1.23 bits per heavy atom. The van der Waals surface area contributed by atoms with Gasteiger partial charge in [-0.15, -0.1) is 0 Å². The van der Waals surface area contributed by atoms with E-state index in [2.05, 4.69) is 41.9 Å². The van der Waals surface area contributed by atoms with Crippen molar-refractivity contribution in [3.05, 3.63) is 48.2 Å². The number of anilines is 1. The molecule has 136 valence electrons. The number of rotatable bonds is 5. The Bertz CT molecular complexity index is 879. The second-order valence-corrected chi connectivity index (χ2v) is 6.79. The summed E-state index contributed by atoms with van der Waals surface area (Å²) in [5.41, 5.74) is 2.98. The van der Waals surface area contributed by atoms with Crippen LogP contribution >= 0.6 is 0 Å². The van der Waals surface area contributed by atoms with E-state index in [0.29, 0.717) is 0 Å². The molecule has 2 N–H and O–H groups in total. The van der Waals surface area contributed by atoms with Crippen LogP contribution < -0.4 is 4.90 Å². The number of hydrogen-bond acceptors (Lipinski definition) is 6. The Labute approximate surface area is 152 Å². The first-order valence-corrected chi connectivity index (χ1v) is 9.05. The Kier molecular flexibility index (Phi) is 4.81. The van der Waals surface area contributed by atoms with Crippen molar-refractivity contribution in [1.29, 1.82) is 0 Å². The lowest BCUT2D eigenvalue weighted by atomic mass is 10.1. The Hall–Kier alpha value is -2.51. The summed E-state index contributed by atoms with van der Waals surface area (Å²) >= 11 is 0. The lowest BCUT2D eigenvalue weighted by molar-refractivity contribution is 0.134. The molecule has 26 heavy (non-hydrogen) atoms. The number of aromatic nitrogens is 4. The maximum Gasteiger partial charge on any atom is 0.142 e. The normalized spacial score (nSPS) is 18.5. The predicted octanol–water partition coefficient (Wildman–Crippen LogP) is 1.73. The molecular weight excluding hydrogens is 328 g/mol. The van der Waals surface area contributed by atoms with E-state index in [1.165, 1.54) is 0 Å². The second kappa shape index (κ2) is 7.39. The minimum absolute atomic E-state index is 0.180. The maximum absolute atomic E-state index is 9.55. The van der Waals surface area contributed by atoms with Crippen molar-refractivity contribution >= 4 is 16.9 Å². The minimum Gasteiger partial charge on any atom is -0.396 e. The first-order valence-electron chi connectivity index (χ1n) is 9.05. The summed E-state index contributed by atoms with van der Waals surface area (Å²) in [5, 5.41) is 10.6. The minimum atomic E-state index is 0.180.